The summed E-state index contributed by atoms with van der Waals surface area (Å²) in [5.74, 6) is -0.954. The van der Waals surface area contributed by atoms with Gasteiger partial charge >= 0.3 is 0 Å². The van der Waals surface area contributed by atoms with Crippen LogP contribution in [0.5, 0.6) is 0 Å². The van der Waals surface area contributed by atoms with E-state index in [0.29, 0.717) is 10.5 Å². The van der Waals surface area contributed by atoms with Gasteiger partial charge in [-0.25, -0.2) is 4.98 Å². The van der Waals surface area contributed by atoms with Gasteiger partial charge in [0, 0.05) is 16.5 Å². The van der Waals surface area contributed by atoms with Crippen molar-refractivity contribution in [2.24, 2.45) is 0 Å². The Bertz CT molecular complexity index is 970. The Labute approximate surface area is 149 Å². The van der Waals surface area contributed by atoms with Crippen LogP contribution >= 0.6 is 11.6 Å². The van der Waals surface area contributed by atoms with Gasteiger partial charge in [0.2, 0.25) is 0 Å². The normalized spacial score (nSPS) is 10.8. The molecule has 2 aromatic carbocycles. The molecule has 0 aliphatic rings. The van der Waals surface area contributed by atoms with E-state index in [-0.39, 0.29) is 5.69 Å². The number of carbonyl (C=O) groups is 2. The number of hydrogen-bond acceptors (Lipinski definition) is 3. The van der Waals surface area contributed by atoms with Crippen molar-refractivity contribution in [3.63, 3.8) is 0 Å². The molecule has 1 heterocycles. The van der Waals surface area contributed by atoms with Gasteiger partial charge in [-0.2, -0.15) is 0 Å². The molecule has 3 rings (SSSR count). The minimum absolute atomic E-state index is 0.220. The lowest BCUT2D eigenvalue weighted by Crippen LogP contribution is -2.41. The molecule has 0 radical (unpaired) electrons. The Hall–Kier alpha value is -3.18. The second-order valence-corrected chi connectivity index (χ2v) is 5.66. The van der Waals surface area contributed by atoms with E-state index in [9.17, 15) is 9.59 Å². The number of nitrogens with zero attached hydrogens (tertiary/aromatic N) is 1. The number of hydrazine groups is 1. The minimum atomic E-state index is -0.491. The number of aromatic nitrogens is 1. The summed E-state index contributed by atoms with van der Waals surface area (Å²) in [6, 6.07) is 17.9. The first-order valence-corrected chi connectivity index (χ1v) is 7.89. The number of fused-ring (bicyclic) bond motifs is 1. The Morgan fingerprint density at radius 3 is 2.64 bits per heavy atom. The van der Waals surface area contributed by atoms with Crippen LogP contribution in [0.2, 0.25) is 5.02 Å². The van der Waals surface area contributed by atoms with Crippen LogP contribution in [-0.2, 0) is 4.79 Å². The third kappa shape index (κ3) is 4.43. The predicted molar refractivity (Wildman–Crippen MR) is 97.8 cm³/mol. The Kier molecular flexibility index (Phi) is 5.06. The number of nitrogens with one attached hydrogen (secondary N) is 2. The Morgan fingerprint density at radius 2 is 1.80 bits per heavy atom. The van der Waals surface area contributed by atoms with Crippen LogP contribution in [0.15, 0.2) is 66.7 Å². The maximum Gasteiger partial charge on any atom is 0.288 e. The summed E-state index contributed by atoms with van der Waals surface area (Å²) in [5, 5.41) is 1.52. The van der Waals surface area contributed by atoms with Crippen LogP contribution in [0, 0.1) is 0 Å². The molecule has 0 aliphatic carbocycles. The molecule has 0 unspecified atom stereocenters. The van der Waals surface area contributed by atoms with Crippen LogP contribution in [0.25, 0.3) is 17.0 Å². The van der Waals surface area contributed by atoms with Crippen LogP contribution < -0.4 is 10.9 Å². The van der Waals surface area contributed by atoms with E-state index in [0.717, 1.165) is 10.9 Å². The molecule has 3 aromatic rings. The van der Waals surface area contributed by atoms with Gasteiger partial charge in [-0.1, -0.05) is 48.0 Å². The van der Waals surface area contributed by atoms with Crippen LogP contribution in [0.3, 0.4) is 0 Å². The number of pyridine rings is 1. The molecule has 0 bridgehead atoms. The molecule has 5 nitrogen and oxygen atoms in total. The van der Waals surface area contributed by atoms with Gasteiger partial charge in [0.05, 0.1) is 5.52 Å². The highest BCUT2D eigenvalue weighted by atomic mass is 35.5. The van der Waals surface area contributed by atoms with Gasteiger partial charge in [-0.05, 0) is 35.9 Å². The molecule has 2 amide bonds. The Morgan fingerprint density at radius 1 is 0.960 bits per heavy atom. The number of amides is 2. The number of rotatable bonds is 3. The number of para-hydroxylation sites is 1. The summed E-state index contributed by atoms with van der Waals surface area (Å²) < 4.78 is 0. The summed E-state index contributed by atoms with van der Waals surface area (Å²) >= 11 is 5.87. The fourth-order valence-electron chi connectivity index (χ4n) is 2.20. The van der Waals surface area contributed by atoms with Crippen molar-refractivity contribution in [3.05, 3.63) is 83.0 Å². The summed E-state index contributed by atoms with van der Waals surface area (Å²) in [5.41, 5.74) is 6.36. The van der Waals surface area contributed by atoms with Gasteiger partial charge in [0.15, 0.2) is 0 Å². The molecular weight excluding hydrogens is 338 g/mol. The average molecular weight is 352 g/mol. The first kappa shape index (κ1) is 16.7. The molecule has 1 aromatic heterocycles. The number of benzene rings is 2. The van der Waals surface area contributed by atoms with E-state index in [2.05, 4.69) is 15.8 Å². The van der Waals surface area contributed by atoms with Crippen LogP contribution in [-0.4, -0.2) is 16.8 Å². The largest absolute Gasteiger partial charge is 0.288 e. The van der Waals surface area contributed by atoms with Gasteiger partial charge in [0.25, 0.3) is 11.8 Å². The van der Waals surface area contributed by atoms with Gasteiger partial charge in [0.1, 0.15) is 5.69 Å². The van der Waals surface area contributed by atoms with Crippen molar-refractivity contribution < 1.29 is 9.59 Å². The highest BCUT2D eigenvalue weighted by molar-refractivity contribution is 6.30. The molecular formula is C19H14ClN3O2. The van der Waals surface area contributed by atoms with E-state index in [1.54, 1.807) is 36.4 Å². The molecule has 6 heteroatoms. The molecule has 0 fully saturated rings. The number of carbonyl (C=O) groups excluding carboxylic acids is 2. The molecule has 2 N–H and O–H groups in total. The zero-order valence-electron chi connectivity index (χ0n) is 13.1. The fourth-order valence-corrected chi connectivity index (χ4v) is 2.40. The standard InChI is InChI=1S/C19H14ClN3O2/c20-15-6-3-4-13(12-15)8-11-18(24)22-23-19(25)17-10-9-14-5-1-2-7-16(14)21-17/h1-12H,(H,22,24)(H,23,25)/b11-8+. The number of hydrogen-bond donors (Lipinski definition) is 2. The topological polar surface area (TPSA) is 71.1 Å². The molecule has 0 aliphatic heterocycles. The second-order valence-electron chi connectivity index (χ2n) is 5.22. The predicted octanol–water partition coefficient (Wildman–Crippen LogP) is 3.36. The minimum Gasteiger partial charge on any atom is -0.268 e. The molecule has 0 saturated heterocycles. The van der Waals surface area contributed by atoms with E-state index >= 15 is 0 Å². The molecule has 124 valence electrons. The van der Waals surface area contributed by atoms with Crippen molar-refractivity contribution in [2.45, 2.75) is 0 Å². The van der Waals surface area contributed by atoms with E-state index in [1.165, 1.54) is 6.08 Å². The smallest absolute Gasteiger partial charge is 0.268 e. The molecule has 0 atom stereocenters. The monoisotopic (exact) mass is 351 g/mol. The Balaban J connectivity index is 1.60. The maximum atomic E-state index is 12.1. The molecule has 0 saturated carbocycles. The molecule has 0 spiro atoms. The highest BCUT2D eigenvalue weighted by Crippen LogP contribution is 2.12. The van der Waals surface area contributed by atoms with Crippen molar-refractivity contribution in [3.8, 4) is 0 Å². The lowest BCUT2D eigenvalue weighted by molar-refractivity contribution is -0.117. The van der Waals surface area contributed by atoms with Crippen LogP contribution in [0.1, 0.15) is 16.1 Å². The first-order valence-electron chi connectivity index (χ1n) is 7.51. The SMILES string of the molecule is O=C(/C=C/c1cccc(Cl)c1)NNC(=O)c1ccc2ccccc2n1. The lowest BCUT2D eigenvalue weighted by atomic mass is 10.2. The highest BCUT2D eigenvalue weighted by Gasteiger charge is 2.08. The summed E-state index contributed by atoms with van der Waals surface area (Å²) in [6.07, 6.45) is 2.90. The molecule has 25 heavy (non-hydrogen) atoms. The van der Waals surface area contributed by atoms with Gasteiger partial charge in [-0.3, -0.25) is 20.4 Å². The summed E-state index contributed by atoms with van der Waals surface area (Å²) in [7, 11) is 0. The lowest BCUT2D eigenvalue weighted by Gasteiger charge is -2.05. The zero-order chi connectivity index (χ0) is 17.6. The van der Waals surface area contributed by atoms with Crippen molar-refractivity contribution in [1.29, 1.82) is 0 Å². The van der Waals surface area contributed by atoms with Gasteiger partial charge in [-0.15, -0.1) is 0 Å². The zero-order valence-corrected chi connectivity index (χ0v) is 13.8. The van der Waals surface area contributed by atoms with E-state index in [1.807, 2.05) is 30.3 Å². The van der Waals surface area contributed by atoms with Crippen molar-refractivity contribution in [1.82, 2.24) is 15.8 Å². The third-order valence-corrected chi connectivity index (χ3v) is 3.64. The van der Waals surface area contributed by atoms with E-state index < -0.39 is 11.8 Å². The quantitative estimate of drug-likeness (QED) is 0.561. The first-order chi connectivity index (χ1) is 12.1. The summed E-state index contributed by atoms with van der Waals surface area (Å²) in [4.78, 5) is 28.1. The maximum absolute atomic E-state index is 12.1. The fraction of sp³-hybridized carbons (Fsp3) is 0. The summed E-state index contributed by atoms with van der Waals surface area (Å²) in [6.45, 7) is 0. The third-order valence-electron chi connectivity index (χ3n) is 3.41. The van der Waals surface area contributed by atoms with Crippen LogP contribution in [0.4, 0.5) is 0 Å². The van der Waals surface area contributed by atoms with Crippen molar-refractivity contribution >= 4 is 40.4 Å². The van der Waals surface area contributed by atoms with Crippen molar-refractivity contribution in [2.75, 3.05) is 0 Å². The number of halogens is 1. The second kappa shape index (κ2) is 7.59. The average Bonchev–Trinajstić information content (AvgIpc) is 2.64. The van der Waals surface area contributed by atoms with Gasteiger partial charge < -0.3 is 0 Å². The van der Waals surface area contributed by atoms with E-state index in [4.69, 9.17) is 11.6 Å².